The van der Waals surface area contributed by atoms with E-state index in [0.29, 0.717) is 0 Å². The molecule has 0 radical (unpaired) electrons. The normalized spacial score (nSPS) is 22.6. The molecule has 1 nitrogen and oxygen atoms in total. The van der Waals surface area contributed by atoms with Crippen molar-refractivity contribution in [3.63, 3.8) is 0 Å². The van der Waals surface area contributed by atoms with E-state index < -0.39 is 0 Å². The average molecular weight is 188 g/mol. The highest BCUT2D eigenvalue weighted by Crippen LogP contribution is 2.25. The maximum absolute atomic E-state index is 9.64. The number of rotatable bonds is 1. The van der Waals surface area contributed by atoms with Crippen molar-refractivity contribution in [1.82, 2.24) is 0 Å². The van der Waals surface area contributed by atoms with Gasteiger partial charge >= 0.3 is 0 Å². The van der Waals surface area contributed by atoms with Crippen molar-refractivity contribution in [2.24, 2.45) is 0 Å². The second-order valence-corrected chi connectivity index (χ2v) is 3.87. The van der Waals surface area contributed by atoms with Crippen LogP contribution in [0.3, 0.4) is 0 Å². The van der Waals surface area contributed by atoms with E-state index in [2.05, 4.69) is 12.1 Å². The fraction of sp³-hybridized carbons (Fsp3) is 0.385. The summed E-state index contributed by atoms with van der Waals surface area (Å²) in [5, 5.41) is 9.64. The van der Waals surface area contributed by atoms with Gasteiger partial charge in [-0.2, -0.15) is 0 Å². The number of allylic oxidation sites excluding steroid dienone is 1. The van der Waals surface area contributed by atoms with Crippen LogP contribution in [0.1, 0.15) is 31.2 Å². The molecule has 1 heteroatoms. The van der Waals surface area contributed by atoms with Gasteiger partial charge in [-0.25, -0.2) is 0 Å². The summed E-state index contributed by atoms with van der Waals surface area (Å²) in [6.07, 6.45) is 6.11. The lowest BCUT2D eigenvalue weighted by atomic mass is 10.0. The van der Waals surface area contributed by atoms with Crippen molar-refractivity contribution in [2.45, 2.75) is 31.8 Å². The van der Waals surface area contributed by atoms with E-state index in [4.69, 9.17) is 0 Å². The molecule has 0 aliphatic heterocycles. The zero-order chi connectivity index (χ0) is 9.80. The quantitative estimate of drug-likeness (QED) is 0.718. The third kappa shape index (κ3) is 2.24. The van der Waals surface area contributed by atoms with Gasteiger partial charge in [0.05, 0.1) is 6.10 Å². The van der Waals surface area contributed by atoms with Gasteiger partial charge in [0, 0.05) is 0 Å². The van der Waals surface area contributed by atoms with Gasteiger partial charge in [0.15, 0.2) is 0 Å². The molecule has 1 N–H and O–H groups in total. The van der Waals surface area contributed by atoms with E-state index >= 15 is 0 Å². The second kappa shape index (κ2) is 4.43. The minimum absolute atomic E-state index is 0.243. The Balaban J connectivity index is 2.24. The number of benzene rings is 1. The summed E-state index contributed by atoms with van der Waals surface area (Å²) in [6.45, 7) is 0. The maximum atomic E-state index is 9.64. The van der Waals surface area contributed by atoms with Crippen LogP contribution in [0.2, 0.25) is 0 Å². The first-order valence-electron chi connectivity index (χ1n) is 5.30. The van der Waals surface area contributed by atoms with Crippen LogP contribution >= 0.6 is 0 Å². The van der Waals surface area contributed by atoms with Crippen LogP contribution in [0.4, 0.5) is 0 Å². The first-order valence-corrected chi connectivity index (χ1v) is 5.30. The Morgan fingerprint density at radius 1 is 1.07 bits per heavy atom. The molecule has 0 saturated heterocycles. The minimum atomic E-state index is -0.243. The molecule has 2 rings (SSSR count). The fourth-order valence-electron chi connectivity index (χ4n) is 1.96. The topological polar surface area (TPSA) is 20.2 Å². The van der Waals surface area contributed by atoms with Crippen LogP contribution in [0.25, 0.3) is 5.57 Å². The summed E-state index contributed by atoms with van der Waals surface area (Å²) in [6, 6.07) is 10.4. The molecule has 1 unspecified atom stereocenters. The van der Waals surface area contributed by atoms with Crippen LogP contribution in [-0.2, 0) is 0 Å². The predicted molar refractivity (Wildman–Crippen MR) is 58.9 cm³/mol. The van der Waals surface area contributed by atoms with Gasteiger partial charge in [0.25, 0.3) is 0 Å². The van der Waals surface area contributed by atoms with Crippen molar-refractivity contribution in [1.29, 1.82) is 0 Å². The van der Waals surface area contributed by atoms with Gasteiger partial charge in [-0.1, -0.05) is 42.8 Å². The molecular weight excluding hydrogens is 172 g/mol. The highest BCUT2D eigenvalue weighted by atomic mass is 16.3. The molecule has 0 bridgehead atoms. The fourth-order valence-corrected chi connectivity index (χ4v) is 1.96. The smallest absolute Gasteiger partial charge is 0.0726 e. The van der Waals surface area contributed by atoms with E-state index in [9.17, 15) is 5.11 Å². The Morgan fingerprint density at radius 3 is 2.64 bits per heavy atom. The van der Waals surface area contributed by atoms with Crippen molar-refractivity contribution in [3.05, 3.63) is 42.0 Å². The Morgan fingerprint density at radius 2 is 1.86 bits per heavy atom. The third-order valence-electron chi connectivity index (χ3n) is 2.73. The van der Waals surface area contributed by atoms with Crippen LogP contribution < -0.4 is 0 Å². The van der Waals surface area contributed by atoms with Crippen LogP contribution in [-0.4, -0.2) is 11.2 Å². The molecule has 1 aliphatic carbocycles. The zero-order valence-corrected chi connectivity index (χ0v) is 8.32. The molecule has 1 atom stereocenters. The average Bonchev–Trinajstić information content (AvgIpc) is 2.44. The largest absolute Gasteiger partial charge is 0.389 e. The van der Waals surface area contributed by atoms with Crippen LogP contribution in [0.5, 0.6) is 0 Å². The van der Waals surface area contributed by atoms with Gasteiger partial charge in [-0.15, -0.1) is 0 Å². The summed E-state index contributed by atoms with van der Waals surface area (Å²) < 4.78 is 0. The summed E-state index contributed by atoms with van der Waals surface area (Å²) in [5.74, 6) is 0. The van der Waals surface area contributed by atoms with E-state index in [1.165, 1.54) is 17.6 Å². The van der Waals surface area contributed by atoms with Gasteiger partial charge in [-0.3, -0.25) is 0 Å². The maximum Gasteiger partial charge on any atom is 0.0726 e. The molecule has 1 aromatic carbocycles. The summed E-state index contributed by atoms with van der Waals surface area (Å²) in [5.41, 5.74) is 2.56. The molecular formula is C13H16O. The standard InChI is InChI=1S/C13H16O/c14-13-9-5-4-8-12(10-13)11-6-2-1-3-7-11/h1-3,6-7,10,13-14H,4-5,8-9H2. The Labute approximate surface area is 85.1 Å². The summed E-state index contributed by atoms with van der Waals surface area (Å²) in [7, 11) is 0. The Kier molecular flexibility index (Phi) is 3.00. The van der Waals surface area contributed by atoms with Crippen molar-refractivity contribution in [2.75, 3.05) is 0 Å². The predicted octanol–water partition coefficient (Wildman–Crippen LogP) is 3.00. The molecule has 0 fully saturated rings. The third-order valence-corrected chi connectivity index (χ3v) is 2.73. The van der Waals surface area contributed by atoms with E-state index in [1.54, 1.807) is 0 Å². The number of hydrogen-bond donors (Lipinski definition) is 1. The molecule has 14 heavy (non-hydrogen) atoms. The first kappa shape index (κ1) is 9.47. The van der Waals surface area contributed by atoms with Gasteiger partial charge in [0.2, 0.25) is 0 Å². The van der Waals surface area contributed by atoms with E-state index in [-0.39, 0.29) is 6.10 Å². The van der Waals surface area contributed by atoms with E-state index in [1.807, 2.05) is 24.3 Å². The molecule has 74 valence electrons. The highest BCUT2D eigenvalue weighted by Gasteiger charge is 2.09. The molecule has 0 saturated carbocycles. The lowest BCUT2D eigenvalue weighted by molar-refractivity contribution is 0.211. The van der Waals surface area contributed by atoms with E-state index in [0.717, 1.165) is 19.3 Å². The lowest BCUT2D eigenvalue weighted by Gasteiger charge is -2.05. The Hall–Kier alpha value is -1.08. The molecule has 0 spiro atoms. The second-order valence-electron chi connectivity index (χ2n) is 3.87. The minimum Gasteiger partial charge on any atom is -0.389 e. The van der Waals surface area contributed by atoms with Crippen LogP contribution in [0.15, 0.2) is 36.4 Å². The van der Waals surface area contributed by atoms with Crippen molar-refractivity contribution in [3.8, 4) is 0 Å². The first-order chi connectivity index (χ1) is 6.86. The van der Waals surface area contributed by atoms with Gasteiger partial charge in [-0.05, 0) is 30.4 Å². The molecule has 1 aromatic rings. The highest BCUT2D eigenvalue weighted by molar-refractivity contribution is 5.66. The van der Waals surface area contributed by atoms with Crippen molar-refractivity contribution < 1.29 is 5.11 Å². The number of aliphatic hydroxyl groups is 1. The Bertz CT molecular complexity index is 313. The van der Waals surface area contributed by atoms with Crippen molar-refractivity contribution >= 4 is 5.57 Å². The zero-order valence-electron chi connectivity index (χ0n) is 8.32. The lowest BCUT2D eigenvalue weighted by Crippen LogP contribution is -1.99. The summed E-state index contributed by atoms with van der Waals surface area (Å²) in [4.78, 5) is 0. The SMILES string of the molecule is OC1C=C(c2ccccc2)CCCC1. The monoisotopic (exact) mass is 188 g/mol. The molecule has 0 heterocycles. The number of aliphatic hydroxyl groups excluding tert-OH is 1. The van der Waals surface area contributed by atoms with Gasteiger partial charge < -0.3 is 5.11 Å². The van der Waals surface area contributed by atoms with Gasteiger partial charge in [0.1, 0.15) is 0 Å². The number of hydrogen-bond acceptors (Lipinski definition) is 1. The van der Waals surface area contributed by atoms with Crippen LogP contribution in [0, 0.1) is 0 Å². The molecule has 0 amide bonds. The molecule has 0 aromatic heterocycles. The molecule has 1 aliphatic rings. The summed E-state index contributed by atoms with van der Waals surface area (Å²) >= 11 is 0.